The normalized spacial score (nSPS) is 18.9. The van der Waals surface area contributed by atoms with Crippen molar-refractivity contribution in [2.45, 2.75) is 59.6 Å². The minimum absolute atomic E-state index is 0.217. The minimum atomic E-state index is -1.06. The van der Waals surface area contributed by atoms with Gasteiger partial charge in [-0.1, -0.05) is 0 Å². The first kappa shape index (κ1) is 25.2. The van der Waals surface area contributed by atoms with Crippen LogP contribution in [-0.4, -0.2) is 38.9 Å². The van der Waals surface area contributed by atoms with Gasteiger partial charge in [-0.3, -0.25) is 9.59 Å². The molecule has 8 heteroatoms. The molecule has 0 aromatic heterocycles. The third-order valence-corrected chi connectivity index (χ3v) is 6.46. The second kappa shape index (κ2) is 9.44. The van der Waals surface area contributed by atoms with Crippen LogP contribution in [0.1, 0.15) is 54.5 Å². The Bertz CT molecular complexity index is 1120. The minimum Gasteiger partial charge on any atom is -0.493 e. The van der Waals surface area contributed by atoms with Crippen molar-refractivity contribution in [3.8, 4) is 28.7 Å². The summed E-state index contributed by atoms with van der Waals surface area (Å²) in [5, 5.41) is 3.00. The molecule has 0 bridgehead atoms. The van der Waals surface area contributed by atoms with E-state index in [0.717, 1.165) is 27.8 Å². The van der Waals surface area contributed by atoms with Gasteiger partial charge in [0.05, 0.1) is 21.3 Å². The Hall–Kier alpha value is -3.42. The summed E-state index contributed by atoms with van der Waals surface area (Å²) in [6.07, 6.45) is 0.520. The van der Waals surface area contributed by atoms with E-state index >= 15 is 0 Å². The molecule has 2 unspecified atom stereocenters. The molecule has 34 heavy (non-hydrogen) atoms. The van der Waals surface area contributed by atoms with Crippen LogP contribution in [0, 0.1) is 20.8 Å². The summed E-state index contributed by atoms with van der Waals surface area (Å²) in [7, 11) is 4.66. The van der Waals surface area contributed by atoms with Crippen molar-refractivity contribution in [2.24, 2.45) is 0 Å². The molecule has 0 saturated carbocycles. The largest absolute Gasteiger partial charge is 0.493 e. The molecule has 1 N–H and O–H groups in total. The van der Waals surface area contributed by atoms with Gasteiger partial charge >= 0.3 is 5.97 Å². The second-order valence-electron chi connectivity index (χ2n) is 8.71. The van der Waals surface area contributed by atoms with Crippen LogP contribution in [0.4, 0.5) is 0 Å². The highest BCUT2D eigenvalue weighted by atomic mass is 16.5. The van der Waals surface area contributed by atoms with Gasteiger partial charge in [0, 0.05) is 25.3 Å². The van der Waals surface area contributed by atoms with Crippen molar-refractivity contribution >= 4 is 11.9 Å². The van der Waals surface area contributed by atoms with Gasteiger partial charge in [0.25, 0.3) is 0 Å². The summed E-state index contributed by atoms with van der Waals surface area (Å²) in [5.74, 6) is 1.80. The van der Waals surface area contributed by atoms with E-state index in [9.17, 15) is 9.59 Å². The highest BCUT2D eigenvalue weighted by Gasteiger charge is 2.45. The maximum absolute atomic E-state index is 12.2. The molecule has 184 valence electrons. The van der Waals surface area contributed by atoms with E-state index in [1.165, 1.54) is 13.8 Å². The van der Waals surface area contributed by atoms with Crippen molar-refractivity contribution in [3.05, 3.63) is 39.9 Å². The predicted octanol–water partition coefficient (Wildman–Crippen LogP) is 4.13. The average Bonchev–Trinajstić information content (AvgIpc) is 2.78. The molecule has 0 saturated heterocycles. The quantitative estimate of drug-likeness (QED) is 0.500. The number of hydrogen-bond acceptors (Lipinski definition) is 7. The maximum atomic E-state index is 12.2. The zero-order valence-electron chi connectivity index (χ0n) is 21.3. The molecular formula is C26H33NO7. The molecule has 8 nitrogen and oxygen atoms in total. The molecule has 0 radical (unpaired) electrons. The summed E-state index contributed by atoms with van der Waals surface area (Å²) in [6, 6.07) is 3.73. The number of rotatable bonds is 6. The lowest BCUT2D eigenvalue weighted by Gasteiger charge is -2.44. The molecule has 1 heterocycles. The van der Waals surface area contributed by atoms with E-state index in [4.69, 9.17) is 23.7 Å². The van der Waals surface area contributed by atoms with Crippen LogP contribution in [-0.2, 0) is 16.0 Å². The van der Waals surface area contributed by atoms with E-state index in [-0.39, 0.29) is 17.8 Å². The van der Waals surface area contributed by atoms with Gasteiger partial charge in [-0.25, -0.2) is 0 Å². The van der Waals surface area contributed by atoms with Gasteiger partial charge in [0.1, 0.15) is 11.5 Å². The molecule has 1 aliphatic heterocycles. The number of fused-ring (bicyclic) bond motifs is 1. The summed E-state index contributed by atoms with van der Waals surface area (Å²) in [4.78, 5) is 24.0. The average molecular weight is 472 g/mol. The number of ether oxygens (including phenoxy) is 5. The van der Waals surface area contributed by atoms with Gasteiger partial charge in [-0.2, -0.15) is 0 Å². The second-order valence-corrected chi connectivity index (χ2v) is 8.71. The molecule has 0 spiro atoms. The monoisotopic (exact) mass is 471 g/mol. The van der Waals surface area contributed by atoms with Crippen molar-refractivity contribution < 1.29 is 33.3 Å². The molecular weight excluding hydrogens is 438 g/mol. The van der Waals surface area contributed by atoms with E-state index in [1.807, 2.05) is 39.8 Å². The van der Waals surface area contributed by atoms with Crippen LogP contribution in [0.2, 0.25) is 0 Å². The van der Waals surface area contributed by atoms with Crippen LogP contribution in [0.25, 0.3) is 0 Å². The number of esters is 1. The molecule has 0 aliphatic carbocycles. The summed E-state index contributed by atoms with van der Waals surface area (Å²) >= 11 is 0. The molecule has 1 aliphatic rings. The van der Waals surface area contributed by atoms with E-state index in [2.05, 4.69) is 5.32 Å². The fourth-order valence-electron chi connectivity index (χ4n) is 4.72. The molecule has 2 aromatic rings. The fourth-order valence-corrected chi connectivity index (χ4v) is 4.72. The number of hydrogen-bond donors (Lipinski definition) is 1. The summed E-state index contributed by atoms with van der Waals surface area (Å²) < 4.78 is 28.7. The SMILES string of the molecule is COc1cc(C2Cc3c(C)c(OC(C)=O)c(C)c(C)c3OC2(C)NC(C)=O)cc(OC)c1OC. The lowest BCUT2D eigenvalue weighted by molar-refractivity contribution is -0.132. The van der Waals surface area contributed by atoms with E-state index in [0.29, 0.717) is 35.2 Å². The van der Waals surface area contributed by atoms with Gasteiger partial charge < -0.3 is 29.0 Å². The maximum Gasteiger partial charge on any atom is 0.308 e. The first-order valence-corrected chi connectivity index (χ1v) is 11.1. The van der Waals surface area contributed by atoms with Crippen molar-refractivity contribution in [1.29, 1.82) is 0 Å². The molecule has 3 rings (SSSR count). The summed E-state index contributed by atoms with van der Waals surface area (Å²) in [5.41, 5.74) is 3.20. The third kappa shape index (κ3) is 4.36. The van der Waals surface area contributed by atoms with E-state index in [1.54, 1.807) is 21.3 Å². The molecule has 2 atom stereocenters. The standard InChI is InChI=1S/C26H33NO7/c1-13-14(2)24-19(15(3)23(13)33-17(5)29)12-20(26(6,34-24)27-16(4)28)18-10-21(30-7)25(32-9)22(11-18)31-8/h10-11,20H,12H2,1-9H3,(H,27,28). The number of amides is 1. The number of carbonyl (C=O) groups excluding carboxylic acids is 2. The Morgan fingerprint density at radius 1 is 0.941 bits per heavy atom. The highest BCUT2D eigenvalue weighted by molar-refractivity contribution is 5.75. The van der Waals surface area contributed by atoms with Gasteiger partial charge in [0.2, 0.25) is 11.7 Å². The van der Waals surface area contributed by atoms with Crippen LogP contribution >= 0.6 is 0 Å². The zero-order chi connectivity index (χ0) is 25.4. The van der Waals surface area contributed by atoms with Crippen molar-refractivity contribution in [3.63, 3.8) is 0 Å². The molecule has 0 fully saturated rings. The van der Waals surface area contributed by atoms with Crippen molar-refractivity contribution in [2.75, 3.05) is 21.3 Å². The Morgan fingerprint density at radius 2 is 1.53 bits per heavy atom. The highest BCUT2D eigenvalue weighted by Crippen LogP contribution is 2.50. The van der Waals surface area contributed by atoms with Crippen molar-refractivity contribution in [1.82, 2.24) is 5.32 Å². The van der Waals surface area contributed by atoms with Crippen LogP contribution in [0.5, 0.6) is 28.7 Å². The number of carbonyl (C=O) groups is 2. The lowest BCUT2D eigenvalue weighted by atomic mass is 9.78. The fraction of sp³-hybridized carbons (Fsp3) is 0.462. The third-order valence-electron chi connectivity index (χ3n) is 6.46. The number of methoxy groups -OCH3 is 3. The first-order valence-electron chi connectivity index (χ1n) is 11.1. The molecule has 1 amide bonds. The zero-order valence-corrected chi connectivity index (χ0v) is 21.3. The Morgan fingerprint density at radius 3 is 2.00 bits per heavy atom. The van der Waals surface area contributed by atoms with Gasteiger partial charge in [-0.05, 0) is 68.5 Å². The number of nitrogens with one attached hydrogen (secondary N) is 1. The van der Waals surface area contributed by atoms with Crippen LogP contribution < -0.4 is 29.0 Å². The van der Waals surface area contributed by atoms with E-state index < -0.39 is 5.72 Å². The lowest BCUT2D eigenvalue weighted by Crippen LogP contribution is -2.56. The Balaban J connectivity index is 2.26. The van der Waals surface area contributed by atoms with Crippen LogP contribution in [0.3, 0.4) is 0 Å². The number of benzene rings is 2. The molecule has 2 aromatic carbocycles. The summed E-state index contributed by atoms with van der Waals surface area (Å²) in [6.45, 7) is 10.4. The first-order chi connectivity index (χ1) is 16.0. The predicted molar refractivity (Wildman–Crippen MR) is 127 cm³/mol. The van der Waals surface area contributed by atoms with Crippen LogP contribution in [0.15, 0.2) is 12.1 Å². The Kier molecular flexibility index (Phi) is 7.00. The smallest absolute Gasteiger partial charge is 0.308 e. The van der Waals surface area contributed by atoms with Gasteiger partial charge in [-0.15, -0.1) is 0 Å². The topological polar surface area (TPSA) is 92.3 Å². The van der Waals surface area contributed by atoms with Gasteiger partial charge in [0.15, 0.2) is 17.2 Å². The Labute approximate surface area is 200 Å².